The highest BCUT2D eigenvalue weighted by molar-refractivity contribution is 5.91. The highest BCUT2D eigenvalue weighted by Gasteiger charge is 2.34. The Morgan fingerprint density at radius 1 is 1.24 bits per heavy atom. The minimum absolute atomic E-state index is 0.0818. The van der Waals surface area contributed by atoms with Crippen molar-refractivity contribution >= 4 is 17.8 Å². The molecule has 0 aromatic carbocycles. The first-order chi connectivity index (χ1) is 10.1. The molecule has 2 amide bonds. The second-order valence-corrected chi connectivity index (χ2v) is 6.03. The molecule has 21 heavy (non-hydrogen) atoms. The first-order valence-corrected chi connectivity index (χ1v) is 7.87. The molecule has 1 atom stereocenters. The number of hydrogen-bond acceptors (Lipinski definition) is 3. The van der Waals surface area contributed by atoms with Crippen LogP contribution in [0.15, 0.2) is 0 Å². The maximum atomic E-state index is 12.3. The van der Waals surface area contributed by atoms with Gasteiger partial charge in [0.2, 0.25) is 11.8 Å². The molecule has 2 aliphatic rings. The van der Waals surface area contributed by atoms with E-state index in [1.807, 2.05) is 0 Å². The molecule has 1 saturated heterocycles. The zero-order valence-electron chi connectivity index (χ0n) is 12.3. The lowest BCUT2D eigenvalue weighted by molar-refractivity contribution is -0.148. The molecule has 1 heterocycles. The van der Waals surface area contributed by atoms with Gasteiger partial charge in [0.05, 0.1) is 6.42 Å². The molecule has 1 saturated carbocycles. The Morgan fingerprint density at radius 2 is 1.95 bits per heavy atom. The predicted octanol–water partition coefficient (Wildman–Crippen LogP) is 1.15. The third kappa shape index (κ3) is 4.44. The normalized spacial score (nSPS) is 23.7. The number of nitrogens with zero attached hydrogens (tertiary/aromatic N) is 1. The second-order valence-electron chi connectivity index (χ2n) is 6.03. The number of nitrogens with one attached hydrogen (secondary N) is 1. The van der Waals surface area contributed by atoms with Crippen molar-refractivity contribution in [2.75, 3.05) is 13.1 Å². The van der Waals surface area contributed by atoms with Gasteiger partial charge in [-0.15, -0.1) is 0 Å². The van der Waals surface area contributed by atoms with Crippen molar-refractivity contribution in [1.82, 2.24) is 10.2 Å². The van der Waals surface area contributed by atoms with Crippen LogP contribution in [0.3, 0.4) is 0 Å². The Balaban J connectivity index is 1.88. The molecule has 2 N–H and O–H groups in total. The van der Waals surface area contributed by atoms with Crippen molar-refractivity contribution in [3.8, 4) is 0 Å². The number of rotatable bonds is 5. The Labute approximate surface area is 124 Å². The number of piperazine rings is 1. The average Bonchev–Trinajstić information content (AvgIpc) is 2.47. The molecule has 0 bridgehead atoms. The minimum Gasteiger partial charge on any atom is -0.481 e. The molecule has 0 spiro atoms. The molecular weight excluding hydrogens is 272 g/mol. The van der Waals surface area contributed by atoms with Crippen LogP contribution in [0.25, 0.3) is 0 Å². The summed E-state index contributed by atoms with van der Waals surface area (Å²) in [5.41, 5.74) is 0. The van der Waals surface area contributed by atoms with E-state index in [1.54, 1.807) is 0 Å². The van der Waals surface area contributed by atoms with Gasteiger partial charge >= 0.3 is 5.97 Å². The zero-order chi connectivity index (χ0) is 15.2. The van der Waals surface area contributed by atoms with E-state index in [0.717, 1.165) is 6.42 Å². The molecule has 1 unspecified atom stereocenters. The van der Waals surface area contributed by atoms with Crippen LogP contribution in [0, 0.1) is 5.92 Å². The minimum atomic E-state index is -1.05. The van der Waals surface area contributed by atoms with E-state index in [-0.39, 0.29) is 18.2 Å². The molecule has 6 heteroatoms. The van der Waals surface area contributed by atoms with Gasteiger partial charge in [-0.1, -0.05) is 32.1 Å². The molecule has 1 aliphatic carbocycles. The van der Waals surface area contributed by atoms with Crippen molar-refractivity contribution < 1.29 is 19.5 Å². The van der Waals surface area contributed by atoms with Crippen molar-refractivity contribution in [3.05, 3.63) is 0 Å². The summed E-state index contributed by atoms with van der Waals surface area (Å²) in [6, 6.07) is -0.852. The van der Waals surface area contributed by atoms with E-state index < -0.39 is 12.0 Å². The standard InChI is InChI=1S/C15H24N2O4/c18-13(7-6-11-4-2-1-3-5-11)17-9-8-16-15(21)12(17)10-14(19)20/h11-12H,1-10H2,(H,16,21)(H,19,20). The van der Waals surface area contributed by atoms with Gasteiger partial charge in [0, 0.05) is 19.5 Å². The van der Waals surface area contributed by atoms with E-state index in [4.69, 9.17) is 5.11 Å². The lowest BCUT2D eigenvalue weighted by atomic mass is 9.86. The largest absolute Gasteiger partial charge is 0.481 e. The number of carboxylic acids is 1. The summed E-state index contributed by atoms with van der Waals surface area (Å²) in [4.78, 5) is 36.4. The first-order valence-electron chi connectivity index (χ1n) is 7.87. The summed E-state index contributed by atoms with van der Waals surface area (Å²) in [7, 11) is 0. The fourth-order valence-electron chi connectivity index (χ4n) is 3.33. The van der Waals surface area contributed by atoms with Gasteiger partial charge in [0.15, 0.2) is 0 Å². The van der Waals surface area contributed by atoms with E-state index >= 15 is 0 Å². The van der Waals surface area contributed by atoms with Crippen LogP contribution in [-0.4, -0.2) is 46.9 Å². The monoisotopic (exact) mass is 296 g/mol. The topological polar surface area (TPSA) is 86.7 Å². The van der Waals surface area contributed by atoms with Gasteiger partial charge in [0.1, 0.15) is 6.04 Å². The third-order valence-electron chi connectivity index (χ3n) is 4.51. The van der Waals surface area contributed by atoms with E-state index in [0.29, 0.717) is 25.4 Å². The van der Waals surface area contributed by atoms with Gasteiger partial charge < -0.3 is 15.3 Å². The lowest BCUT2D eigenvalue weighted by Gasteiger charge is -2.34. The molecule has 6 nitrogen and oxygen atoms in total. The highest BCUT2D eigenvalue weighted by atomic mass is 16.4. The van der Waals surface area contributed by atoms with Crippen LogP contribution in [0.5, 0.6) is 0 Å². The second kappa shape index (κ2) is 7.43. The van der Waals surface area contributed by atoms with E-state index in [1.165, 1.54) is 37.0 Å². The quantitative estimate of drug-likeness (QED) is 0.796. The van der Waals surface area contributed by atoms with Crippen LogP contribution in [0.1, 0.15) is 51.4 Å². The number of amides is 2. The summed E-state index contributed by atoms with van der Waals surface area (Å²) >= 11 is 0. The van der Waals surface area contributed by atoms with Crippen molar-refractivity contribution in [3.63, 3.8) is 0 Å². The van der Waals surface area contributed by atoms with Crippen LogP contribution < -0.4 is 5.32 Å². The Kier molecular flexibility index (Phi) is 5.59. The van der Waals surface area contributed by atoms with Crippen LogP contribution in [-0.2, 0) is 14.4 Å². The molecule has 0 radical (unpaired) electrons. The van der Waals surface area contributed by atoms with Crippen LogP contribution >= 0.6 is 0 Å². The maximum Gasteiger partial charge on any atom is 0.305 e. The van der Waals surface area contributed by atoms with Crippen LogP contribution in [0.2, 0.25) is 0 Å². The summed E-state index contributed by atoms with van der Waals surface area (Å²) in [6.07, 6.45) is 7.11. The fourth-order valence-corrected chi connectivity index (χ4v) is 3.33. The molecule has 118 valence electrons. The summed E-state index contributed by atoms with van der Waals surface area (Å²) in [5.74, 6) is -0.877. The molecular formula is C15H24N2O4. The SMILES string of the molecule is O=C(O)CC1C(=O)NCCN1C(=O)CCC1CCCCC1. The van der Waals surface area contributed by atoms with Gasteiger partial charge in [-0.05, 0) is 12.3 Å². The Bertz CT molecular complexity index is 404. The van der Waals surface area contributed by atoms with Gasteiger partial charge in [-0.25, -0.2) is 0 Å². The molecule has 0 aromatic rings. The van der Waals surface area contributed by atoms with Crippen molar-refractivity contribution in [1.29, 1.82) is 0 Å². The predicted molar refractivity (Wildman–Crippen MR) is 76.6 cm³/mol. The lowest BCUT2D eigenvalue weighted by Crippen LogP contribution is -2.57. The van der Waals surface area contributed by atoms with E-state index in [2.05, 4.69) is 5.32 Å². The average molecular weight is 296 g/mol. The fraction of sp³-hybridized carbons (Fsp3) is 0.800. The number of hydrogen-bond donors (Lipinski definition) is 2. The number of aliphatic carboxylic acids is 1. The molecule has 2 fully saturated rings. The van der Waals surface area contributed by atoms with Gasteiger partial charge in [-0.2, -0.15) is 0 Å². The van der Waals surface area contributed by atoms with Gasteiger partial charge in [-0.3, -0.25) is 14.4 Å². The smallest absolute Gasteiger partial charge is 0.305 e. The molecule has 0 aromatic heterocycles. The number of carboxylic acid groups (broad SMARTS) is 1. The third-order valence-corrected chi connectivity index (χ3v) is 4.51. The van der Waals surface area contributed by atoms with E-state index in [9.17, 15) is 14.4 Å². The Hall–Kier alpha value is -1.59. The number of carbonyl (C=O) groups excluding carboxylic acids is 2. The van der Waals surface area contributed by atoms with Crippen LogP contribution in [0.4, 0.5) is 0 Å². The molecule has 1 aliphatic heterocycles. The zero-order valence-corrected chi connectivity index (χ0v) is 12.3. The van der Waals surface area contributed by atoms with Crippen molar-refractivity contribution in [2.45, 2.75) is 57.4 Å². The summed E-state index contributed by atoms with van der Waals surface area (Å²) in [5, 5.41) is 11.5. The highest BCUT2D eigenvalue weighted by Crippen LogP contribution is 2.27. The number of carbonyl (C=O) groups is 3. The first kappa shape index (κ1) is 15.8. The summed E-state index contributed by atoms with van der Waals surface area (Å²) in [6.45, 7) is 0.817. The van der Waals surface area contributed by atoms with Crippen molar-refractivity contribution in [2.24, 2.45) is 5.92 Å². The Morgan fingerprint density at radius 3 is 2.62 bits per heavy atom. The van der Waals surface area contributed by atoms with Gasteiger partial charge in [0.25, 0.3) is 0 Å². The molecule has 2 rings (SSSR count). The maximum absolute atomic E-state index is 12.3. The summed E-state index contributed by atoms with van der Waals surface area (Å²) < 4.78 is 0.